The average molecular weight is 348 g/mol. The van der Waals surface area contributed by atoms with Crippen molar-refractivity contribution in [2.45, 2.75) is 63.6 Å². The summed E-state index contributed by atoms with van der Waals surface area (Å²) in [6, 6.07) is 0. The van der Waals surface area contributed by atoms with E-state index in [0.29, 0.717) is 13.1 Å². The lowest BCUT2D eigenvalue weighted by molar-refractivity contribution is -0.124. The summed E-state index contributed by atoms with van der Waals surface area (Å²) >= 11 is 0. The van der Waals surface area contributed by atoms with Crippen LogP contribution in [0.3, 0.4) is 0 Å². The van der Waals surface area contributed by atoms with Crippen molar-refractivity contribution in [1.29, 1.82) is 0 Å². The minimum absolute atomic E-state index is 0.00865. The lowest BCUT2D eigenvalue weighted by atomic mass is 10.1. The first-order chi connectivity index (χ1) is 11.5. The van der Waals surface area contributed by atoms with Crippen molar-refractivity contribution >= 4 is 11.8 Å². The molecular formula is C16H32N2O6. The number of aliphatic hydroxyl groups is 4. The molecule has 0 bridgehead atoms. The van der Waals surface area contributed by atoms with Crippen LogP contribution in [-0.2, 0) is 9.59 Å². The van der Waals surface area contributed by atoms with E-state index in [1.807, 2.05) is 0 Å². The normalized spacial score (nSPS) is 13.3. The first kappa shape index (κ1) is 22.8. The lowest BCUT2D eigenvalue weighted by Gasteiger charge is -2.10. The van der Waals surface area contributed by atoms with Gasteiger partial charge in [-0.2, -0.15) is 0 Å². The van der Waals surface area contributed by atoms with Crippen LogP contribution in [0.2, 0.25) is 0 Å². The Morgan fingerprint density at radius 3 is 1.42 bits per heavy atom. The molecule has 142 valence electrons. The standard InChI is InChI=1S/C16H32N2O6/c19-9-5-13(21)11-15(23)17-7-3-1-2-4-8-18-16(24)12-14(22)6-10-20/h13-14,19-22H,1-12H2,(H,17,23)(H,18,24). The monoisotopic (exact) mass is 348 g/mol. The molecule has 8 nitrogen and oxygen atoms in total. The summed E-state index contributed by atoms with van der Waals surface area (Å²) in [4.78, 5) is 22.9. The van der Waals surface area contributed by atoms with E-state index in [1.165, 1.54) is 0 Å². The molecule has 0 aromatic heterocycles. The number of nitrogens with one attached hydrogen (secondary N) is 2. The van der Waals surface area contributed by atoms with Crippen molar-refractivity contribution in [3.63, 3.8) is 0 Å². The zero-order chi connectivity index (χ0) is 18.2. The zero-order valence-electron chi connectivity index (χ0n) is 14.2. The van der Waals surface area contributed by atoms with Crippen molar-refractivity contribution in [1.82, 2.24) is 10.6 Å². The van der Waals surface area contributed by atoms with Crippen LogP contribution in [0.5, 0.6) is 0 Å². The van der Waals surface area contributed by atoms with Gasteiger partial charge in [-0.1, -0.05) is 12.8 Å². The lowest BCUT2D eigenvalue weighted by Crippen LogP contribution is -2.29. The fourth-order valence-corrected chi connectivity index (χ4v) is 2.13. The topological polar surface area (TPSA) is 139 Å². The van der Waals surface area contributed by atoms with Crippen LogP contribution in [0.4, 0.5) is 0 Å². The van der Waals surface area contributed by atoms with Crippen molar-refractivity contribution in [3.8, 4) is 0 Å². The summed E-state index contributed by atoms with van der Waals surface area (Å²) in [7, 11) is 0. The summed E-state index contributed by atoms with van der Waals surface area (Å²) in [5.74, 6) is -0.436. The highest BCUT2D eigenvalue weighted by Crippen LogP contribution is 2.01. The van der Waals surface area contributed by atoms with Crippen LogP contribution in [-0.4, -0.2) is 70.8 Å². The number of carbonyl (C=O) groups excluding carboxylic acids is 2. The van der Waals surface area contributed by atoms with Crippen molar-refractivity contribution in [2.24, 2.45) is 0 Å². The van der Waals surface area contributed by atoms with Crippen LogP contribution >= 0.6 is 0 Å². The number of hydrogen-bond acceptors (Lipinski definition) is 6. The predicted molar refractivity (Wildman–Crippen MR) is 89.1 cm³/mol. The Morgan fingerprint density at radius 1 is 0.708 bits per heavy atom. The minimum atomic E-state index is -0.797. The van der Waals surface area contributed by atoms with Gasteiger partial charge in [0.1, 0.15) is 0 Å². The Morgan fingerprint density at radius 2 is 1.08 bits per heavy atom. The number of rotatable bonds is 15. The van der Waals surface area contributed by atoms with Crippen LogP contribution in [0, 0.1) is 0 Å². The minimum Gasteiger partial charge on any atom is -0.396 e. The summed E-state index contributed by atoms with van der Waals surface area (Å²) in [6.07, 6.45) is 2.32. The number of unbranched alkanes of at least 4 members (excludes halogenated alkanes) is 3. The van der Waals surface area contributed by atoms with Crippen molar-refractivity contribution in [2.75, 3.05) is 26.3 Å². The van der Waals surface area contributed by atoms with Gasteiger partial charge in [-0.25, -0.2) is 0 Å². The highest BCUT2D eigenvalue weighted by Gasteiger charge is 2.10. The Balaban J connectivity index is 3.42. The molecule has 6 N–H and O–H groups in total. The third-order valence-corrected chi connectivity index (χ3v) is 3.51. The van der Waals surface area contributed by atoms with E-state index in [1.54, 1.807) is 0 Å². The fraction of sp³-hybridized carbons (Fsp3) is 0.875. The molecule has 0 fully saturated rings. The average Bonchev–Trinajstić information content (AvgIpc) is 2.50. The second kappa shape index (κ2) is 15.3. The third kappa shape index (κ3) is 14.4. The largest absolute Gasteiger partial charge is 0.396 e. The Hall–Kier alpha value is -1.22. The molecule has 0 heterocycles. The number of aliphatic hydroxyl groups excluding tert-OH is 4. The molecule has 0 rings (SSSR count). The van der Waals surface area contributed by atoms with Gasteiger partial charge in [-0.05, 0) is 25.7 Å². The molecule has 2 unspecified atom stereocenters. The van der Waals surface area contributed by atoms with Crippen LogP contribution in [0.15, 0.2) is 0 Å². The smallest absolute Gasteiger partial charge is 0.222 e. The predicted octanol–water partition coefficient (Wildman–Crippen LogP) is -0.954. The van der Waals surface area contributed by atoms with Gasteiger partial charge in [0.15, 0.2) is 0 Å². The van der Waals surface area contributed by atoms with Gasteiger partial charge in [0.2, 0.25) is 11.8 Å². The summed E-state index contributed by atoms with van der Waals surface area (Å²) < 4.78 is 0. The van der Waals surface area contributed by atoms with E-state index in [9.17, 15) is 19.8 Å². The molecule has 0 aromatic rings. The number of carbonyl (C=O) groups is 2. The summed E-state index contributed by atoms with van der Waals surface area (Å²) in [6.45, 7) is 0.825. The Labute approximate surface area is 143 Å². The van der Waals surface area contributed by atoms with Crippen molar-refractivity contribution < 1.29 is 30.0 Å². The Bertz CT molecular complexity index is 309. The highest BCUT2D eigenvalue weighted by atomic mass is 16.3. The van der Waals surface area contributed by atoms with Crippen LogP contribution in [0.25, 0.3) is 0 Å². The molecule has 0 aliphatic rings. The maximum absolute atomic E-state index is 11.4. The molecule has 2 amide bonds. The van der Waals surface area contributed by atoms with Crippen LogP contribution in [0.1, 0.15) is 51.4 Å². The van der Waals surface area contributed by atoms with E-state index >= 15 is 0 Å². The van der Waals surface area contributed by atoms with E-state index in [-0.39, 0.29) is 50.7 Å². The maximum atomic E-state index is 11.4. The molecule has 24 heavy (non-hydrogen) atoms. The molecule has 0 saturated carbocycles. The zero-order valence-corrected chi connectivity index (χ0v) is 14.2. The van der Waals surface area contributed by atoms with Crippen LogP contribution < -0.4 is 10.6 Å². The second-order valence-corrected chi connectivity index (χ2v) is 5.85. The highest BCUT2D eigenvalue weighted by molar-refractivity contribution is 5.76. The fourth-order valence-electron chi connectivity index (χ4n) is 2.13. The molecule has 0 aliphatic carbocycles. The van der Waals surface area contributed by atoms with Gasteiger partial charge in [0, 0.05) is 26.3 Å². The van der Waals surface area contributed by atoms with E-state index in [2.05, 4.69) is 10.6 Å². The molecule has 0 spiro atoms. The second-order valence-electron chi connectivity index (χ2n) is 5.85. The van der Waals surface area contributed by atoms with Gasteiger partial charge in [-0.15, -0.1) is 0 Å². The molecule has 8 heteroatoms. The van der Waals surface area contributed by atoms with Gasteiger partial charge in [0.05, 0.1) is 25.0 Å². The first-order valence-corrected chi connectivity index (χ1v) is 8.60. The number of hydrogen-bond donors (Lipinski definition) is 6. The quantitative estimate of drug-likeness (QED) is 0.211. The molecule has 0 radical (unpaired) electrons. The Kier molecular flexibility index (Phi) is 14.5. The number of amides is 2. The molecular weight excluding hydrogens is 316 g/mol. The first-order valence-electron chi connectivity index (χ1n) is 8.60. The van der Waals surface area contributed by atoms with Crippen molar-refractivity contribution in [3.05, 3.63) is 0 Å². The third-order valence-electron chi connectivity index (χ3n) is 3.51. The van der Waals surface area contributed by atoms with E-state index in [4.69, 9.17) is 10.2 Å². The van der Waals surface area contributed by atoms with E-state index in [0.717, 1.165) is 25.7 Å². The molecule has 0 aromatic carbocycles. The molecule has 2 atom stereocenters. The van der Waals surface area contributed by atoms with Gasteiger partial charge in [-0.3, -0.25) is 9.59 Å². The SMILES string of the molecule is O=C(CC(O)CCO)NCCCCCCNC(=O)CC(O)CCO. The van der Waals surface area contributed by atoms with Gasteiger partial charge in [0.25, 0.3) is 0 Å². The van der Waals surface area contributed by atoms with Gasteiger partial charge >= 0.3 is 0 Å². The molecule has 0 saturated heterocycles. The summed E-state index contributed by atoms with van der Waals surface area (Å²) in [5, 5.41) is 41.4. The van der Waals surface area contributed by atoms with Gasteiger partial charge < -0.3 is 31.1 Å². The van der Waals surface area contributed by atoms with E-state index < -0.39 is 12.2 Å². The molecule has 0 aliphatic heterocycles. The summed E-state index contributed by atoms with van der Waals surface area (Å²) in [5.41, 5.74) is 0. The maximum Gasteiger partial charge on any atom is 0.222 e.